The van der Waals surface area contributed by atoms with Crippen LogP contribution in [0.15, 0.2) is 42.7 Å². The van der Waals surface area contributed by atoms with Crippen molar-refractivity contribution in [2.75, 3.05) is 36.5 Å². The second-order valence-electron chi connectivity index (χ2n) is 7.42. The van der Waals surface area contributed by atoms with E-state index in [1.165, 1.54) is 18.4 Å². The normalized spacial score (nSPS) is 23.5. The van der Waals surface area contributed by atoms with Gasteiger partial charge in [0.15, 0.2) is 0 Å². The summed E-state index contributed by atoms with van der Waals surface area (Å²) in [5.41, 5.74) is 0.995. The second-order valence-corrected chi connectivity index (χ2v) is 7.42. The van der Waals surface area contributed by atoms with Crippen molar-refractivity contribution < 1.29 is 5.11 Å². The SMILES string of the molecule is OCC1(c2ccccc2)CCCN(c2cc(NCC3CC3)ncn2)C1. The van der Waals surface area contributed by atoms with Crippen LogP contribution < -0.4 is 10.2 Å². The van der Waals surface area contributed by atoms with E-state index >= 15 is 0 Å². The zero-order chi connectivity index (χ0) is 17.1. The number of rotatable bonds is 6. The van der Waals surface area contributed by atoms with Gasteiger partial charge < -0.3 is 15.3 Å². The highest BCUT2D eigenvalue weighted by Crippen LogP contribution is 2.35. The Kier molecular flexibility index (Phi) is 4.57. The minimum absolute atomic E-state index is 0.158. The van der Waals surface area contributed by atoms with Crippen LogP contribution in [0.25, 0.3) is 0 Å². The van der Waals surface area contributed by atoms with E-state index < -0.39 is 0 Å². The fraction of sp³-hybridized carbons (Fsp3) is 0.500. The summed E-state index contributed by atoms with van der Waals surface area (Å²) in [5, 5.41) is 13.6. The van der Waals surface area contributed by atoms with E-state index in [0.29, 0.717) is 0 Å². The first-order valence-electron chi connectivity index (χ1n) is 9.26. The van der Waals surface area contributed by atoms with Crippen LogP contribution in [0.4, 0.5) is 11.6 Å². The van der Waals surface area contributed by atoms with E-state index in [-0.39, 0.29) is 12.0 Å². The molecule has 1 unspecified atom stereocenters. The molecule has 4 rings (SSSR count). The quantitative estimate of drug-likeness (QED) is 0.848. The fourth-order valence-corrected chi connectivity index (χ4v) is 3.76. The number of piperidine rings is 1. The lowest BCUT2D eigenvalue weighted by molar-refractivity contribution is 0.172. The van der Waals surface area contributed by atoms with Gasteiger partial charge in [-0.05, 0) is 37.2 Å². The molecule has 1 atom stereocenters. The van der Waals surface area contributed by atoms with Crippen molar-refractivity contribution in [1.29, 1.82) is 0 Å². The van der Waals surface area contributed by atoms with Crippen molar-refractivity contribution in [1.82, 2.24) is 9.97 Å². The van der Waals surface area contributed by atoms with Crippen LogP contribution in [0.1, 0.15) is 31.2 Å². The van der Waals surface area contributed by atoms with Crippen molar-refractivity contribution >= 4 is 11.6 Å². The van der Waals surface area contributed by atoms with Gasteiger partial charge in [-0.15, -0.1) is 0 Å². The number of benzene rings is 1. The van der Waals surface area contributed by atoms with E-state index in [1.54, 1.807) is 6.33 Å². The van der Waals surface area contributed by atoms with Gasteiger partial charge in [-0.3, -0.25) is 0 Å². The molecule has 2 aliphatic rings. The van der Waals surface area contributed by atoms with Gasteiger partial charge in [0.1, 0.15) is 18.0 Å². The smallest absolute Gasteiger partial charge is 0.134 e. The van der Waals surface area contributed by atoms with Gasteiger partial charge in [0.05, 0.1) is 6.61 Å². The molecule has 1 aromatic heterocycles. The summed E-state index contributed by atoms with van der Waals surface area (Å²) in [4.78, 5) is 11.1. The Morgan fingerprint density at radius 2 is 2.04 bits per heavy atom. The third-order valence-corrected chi connectivity index (χ3v) is 5.51. The molecule has 1 aromatic carbocycles. The predicted molar refractivity (Wildman–Crippen MR) is 99.9 cm³/mol. The maximum Gasteiger partial charge on any atom is 0.134 e. The van der Waals surface area contributed by atoms with Gasteiger partial charge >= 0.3 is 0 Å². The van der Waals surface area contributed by atoms with Crippen molar-refractivity contribution in [2.24, 2.45) is 5.92 Å². The first kappa shape index (κ1) is 16.3. The monoisotopic (exact) mass is 338 g/mol. The summed E-state index contributed by atoms with van der Waals surface area (Å²) in [6.45, 7) is 2.91. The van der Waals surface area contributed by atoms with Gasteiger partial charge in [-0.2, -0.15) is 0 Å². The average molecular weight is 338 g/mol. The Morgan fingerprint density at radius 1 is 1.20 bits per heavy atom. The maximum absolute atomic E-state index is 10.2. The molecule has 2 fully saturated rings. The summed E-state index contributed by atoms with van der Waals surface area (Å²) in [7, 11) is 0. The molecule has 5 nitrogen and oxygen atoms in total. The molecule has 0 amide bonds. The molecule has 2 N–H and O–H groups in total. The van der Waals surface area contributed by atoms with E-state index in [2.05, 4.69) is 44.5 Å². The lowest BCUT2D eigenvalue weighted by Gasteiger charge is -2.42. The molecule has 1 saturated carbocycles. The molecule has 1 saturated heterocycles. The van der Waals surface area contributed by atoms with Crippen LogP contribution in [-0.4, -0.2) is 41.3 Å². The topological polar surface area (TPSA) is 61.3 Å². The Morgan fingerprint density at radius 3 is 2.80 bits per heavy atom. The highest BCUT2D eigenvalue weighted by Gasteiger charge is 2.37. The Bertz CT molecular complexity index is 704. The summed E-state index contributed by atoms with van der Waals surface area (Å²) in [6.07, 6.45) is 6.34. The minimum atomic E-state index is -0.216. The first-order valence-corrected chi connectivity index (χ1v) is 9.26. The Hall–Kier alpha value is -2.14. The number of nitrogens with one attached hydrogen (secondary N) is 1. The Labute approximate surface area is 149 Å². The molecule has 2 heterocycles. The fourth-order valence-electron chi connectivity index (χ4n) is 3.76. The molecular formula is C20H26N4O. The summed E-state index contributed by atoms with van der Waals surface area (Å²) in [6, 6.07) is 12.4. The van der Waals surface area contributed by atoms with Gasteiger partial charge in [0.25, 0.3) is 0 Å². The number of aliphatic hydroxyl groups excluding tert-OH is 1. The molecule has 2 aromatic rings. The zero-order valence-corrected chi connectivity index (χ0v) is 14.6. The van der Waals surface area contributed by atoms with Crippen LogP contribution >= 0.6 is 0 Å². The number of hydrogen-bond donors (Lipinski definition) is 2. The standard InChI is InChI=1S/C20H26N4O/c25-14-20(17-5-2-1-3-6-17)9-4-10-24(13-20)19-11-18(22-15-23-19)21-12-16-7-8-16/h1-3,5-6,11,15-16,25H,4,7-10,12-14H2,(H,21,22,23). The summed E-state index contributed by atoms with van der Waals surface area (Å²) >= 11 is 0. The predicted octanol–water partition coefficient (Wildman–Crippen LogP) is 2.83. The third-order valence-electron chi connectivity index (χ3n) is 5.51. The molecule has 0 bridgehead atoms. The zero-order valence-electron chi connectivity index (χ0n) is 14.6. The van der Waals surface area contributed by atoms with Crippen LogP contribution in [0.2, 0.25) is 0 Å². The molecular weight excluding hydrogens is 312 g/mol. The first-order chi connectivity index (χ1) is 12.3. The van der Waals surface area contributed by atoms with Crippen LogP contribution in [-0.2, 0) is 5.41 Å². The van der Waals surface area contributed by atoms with E-state index in [1.807, 2.05) is 12.1 Å². The molecule has 25 heavy (non-hydrogen) atoms. The second kappa shape index (κ2) is 7.00. The number of nitrogens with zero attached hydrogens (tertiary/aromatic N) is 3. The highest BCUT2D eigenvalue weighted by atomic mass is 16.3. The van der Waals surface area contributed by atoms with Crippen molar-refractivity contribution in [2.45, 2.75) is 31.1 Å². The van der Waals surface area contributed by atoms with Gasteiger partial charge in [0, 0.05) is 31.1 Å². The van der Waals surface area contributed by atoms with Crippen molar-refractivity contribution in [3.8, 4) is 0 Å². The summed E-state index contributed by atoms with van der Waals surface area (Å²) < 4.78 is 0. The molecule has 5 heteroatoms. The van der Waals surface area contributed by atoms with Crippen LogP contribution in [0, 0.1) is 5.92 Å². The number of anilines is 2. The largest absolute Gasteiger partial charge is 0.395 e. The molecule has 1 aliphatic heterocycles. The molecule has 0 spiro atoms. The van der Waals surface area contributed by atoms with Crippen molar-refractivity contribution in [3.63, 3.8) is 0 Å². The van der Waals surface area contributed by atoms with E-state index in [0.717, 1.165) is 50.0 Å². The highest BCUT2D eigenvalue weighted by molar-refractivity contribution is 5.50. The van der Waals surface area contributed by atoms with Gasteiger partial charge in [-0.1, -0.05) is 30.3 Å². The average Bonchev–Trinajstić information content (AvgIpc) is 3.52. The van der Waals surface area contributed by atoms with Gasteiger partial charge in [0.2, 0.25) is 0 Å². The lowest BCUT2D eigenvalue weighted by Crippen LogP contribution is -2.48. The molecule has 1 aliphatic carbocycles. The lowest BCUT2D eigenvalue weighted by atomic mass is 9.75. The van der Waals surface area contributed by atoms with Crippen LogP contribution in [0.5, 0.6) is 0 Å². The minimum Gasteiger partial charge on any atom is -0.395 e. The number of hydrogen-bond acceptors (Lipinski definition) is 5. The third kappa shape index (κ3) is 3.61. The van der Waals surface area contributed by atoms with Crippen molar-refractivity contribution in [3.05, 3.63) is 48.3 Å². The number of aliphatic hydroxyl groups is 1. The van der Waals surface area contributed by atoms with E-state index in [9.17, 15) is 5.11 Å². The summed E-state index contributed by atoms with van der Waals surface area (Å²) in [5.74, 6) is 2.66. The molecule has 0 radical (unpaired) electrons. The van der Waals surface area contributed by atoms with E-state index in [4.69, 9.17) is 0 Å². The van der Waals surface area contributed by atoms with Gasteiger partial charge in [-0.25, -0.2) is 9.97 Å². The Balaban J connectivity index is 1.53. The maximum atomic E-state index is 10.2. The number of aromatic nitrogens is 2. The van der Waals surface area contributed by atoms with Crippen LogP contribution in [0.3, 0.4) is 0 Å². The molecule has 132 valence electrons.